The van der Waals surface area contributed by atoms with Crippen LogP contribution in [0.25, 0.3) is 0 Å². The molecule has 1 heterocycles. The molecule has 1 N–H and O–H groups in total. The Morgan fingerprint density at radius 2 is 2.36 bits per heavy atom. The van der Waals surface area contributed by atoms with Crippen LogP contribution in [0, 0.1) is 0 Å². The number of carbonyl (C=O) groups excluding carboxylic acids is 1. The Hall–Kier alpha value is -0.220. The number of thioether (sulfide) groups is 1. The van der Waals surface area contributed by atoms with Crippen molar-refractivity contribution in [2.24, 2.45) is 0 Å². The lowest BCUT2D eigenvalue weighted by Gasteiger charge is -2.22. The second kappa shape index (κ2) is 5.03. The first-order valence-electron chi connectivity index (χ1n) is 5.01. The molecule has 1 saturated heterocycles. The van der Waals surface area contributed by atoms with Gasteiger partial charge in [0.25, 0.3) is 5.91 Å². The summed E-state index contributed by atoms with van der Waals surface area (Å²) >= 11 is 1.95. The Morgan fingerprint density at radius 1 is 1.64 bits per heavy atom. The fourth-order valence-electron chi connectivity index (χ4n) is 1.32. The van der Waals surface area contributed by atoms with Gasteiger partial charge in [0.2, 0.25) is 0 Å². The van der Waals surface area contributed by atoms with Crippen LogP contribution in [0.5, 0.6) is 0 Å². The molecular formula is C10H19NO2S. The third kappa shape index (κ3) is 3.17. The van der Waals surface area contributed by atoms with Crippen molar-refractivity contribution in [1.82, 2.24) is 5.32 Å². The van der Waals surface area contributed by atoms with Crippen LogP contribution in [-0.4, -0.2) is 36.2 Å². The van der Waals surface area contributed by atoms with Gasteiger partial charge in [-0.05, 0) is 32.4 Å². The maximum absolute atomic E-state index is 11.6. The van der Waals surface area contributed by atoms with Gasteiger partial charge in [-0.3, -0.25) is 4.79 Å². The zero-order valence-electron chi connectivity index (χ0n) is 9.13. The lowest BCUT2D eigenvalue weighted by molar-refractivity contribution is -0.139. The first-order valence-corrected chi connectivity index (χ1v) is 6.06. The van der Waals surface area contributed by atoms with Gasteiger partial charge in [0.05, 0.1) is 0 Å². The summed E-state index contributed by atoms with van der Waals surface area (Å²) in [5.41, 5.74) is -0.705. The molecule has 1 unspecified atom stereocenters. The van der Waals surface area contributed by atoms with Gasteiger partial charge in [-0.2, -0.15) is 11.8 Å². The molecule has 1 aliphatic heterocycles. The van der Waals surface area contributed by atoms with Crippen molar-refractivity contribution < 1.29 is 9.53 Å². The highest BCUT2D eigenvalue weighted by atomic mass is 32.2. The predicted molar refractivity (Wildman–Crippen MR) is 59.6 cm³/mol. The fourth-order valence-corrected chi connectivity index (χ4v) is 2.52. The summed E-state index contributed by atoms with van der Waals surface area (Å²) in [5, 5.41) is 3.53. The highest BCUT2D eigenvalue weighted by Crippen LogP contribution is 2.25. The summed E-state index contributed by atoms with van der Waals surface area (Å²) in [4.78, 5) is 11.6. The molecule has 1 rings (SSSR count). The Kier molecular flexibility index (Phi) is 4.26. The van der Waals surface area contributed by atoms with Crippen LogP contribution >= 0.6 is 11.8 Å². The van der Waals surface area contributed by atoms with Crippen molar-refractivity contribution in [2.45, 2.75) is 37.5 Å². The van der Waals surface area contributed by atoms with Crippen molar-refractivity contribution in [3.63, 3.8) is 0 Å². The van der Waals surface area contributed by atoms with Crippen molar-refractivity contribution >= 4 is 17.7 Å². The van der Waals surface area contributed by atoms with Crippen LogP contribution in [0.15, 0.2) is 0 Å². The first kappa shape index (κ1) is 11.9. The van der Waals surface area contributed by atoms with Gasteiger partial charge in [-0.25, -0.2) is 0 Å². The number of ether oxygens (including phenoxy) is 1. The standard InChI is InChI=1S/C10H19NO2S/c1-10(2,13-3)9(12)11-7-8-5-4-6-14-8/h8H,4-7H2,1-3H3,(H,11,12). The van der Waals surface area contributed by atoms with Crippen LogP contribution in [0.4, 0.5) is 0 Å². The molecule has 0 aliphatic carbocycles. The van der Waals surface area contributed by atoms with Gasteiger partial charge in [-0.15, -0.1) is 0 Å². The van der Waals surface area contributed by atoms with Crippen LogP contribution in [0.1, 0.15) is 26.7 Å². The molecule has 0 aromatic rings. The Balaban J connectivity index is 2.26. The Labute approximate surface area is 90.0 Å². The minimum Gasteiger partial charge on any atom is -0.369 e. The number of hydrogen-bond donors (Lipinski definition) is 1. The zero-order valence-corrected chi connectivity index (χ0v) is 9.95. The number of rotatable bonds is 4. The molecule has 0 spiro atoms. The van der Waals surface area contributed by atoms with E-state index in [9.17, 15) is 4.79 Å². The molecule has 3 nitrogen and oxygen atoms in total. The summed E-state index contributed by atoms with van der Waals surface area (Å²) < 4.78 is 5.10. The van der Waals surface area contributed by atoms with Gasteiger partial charge < -0.3 is 10.1 Å². The van der Waals surface area contributed by atoms with Gasteiger partial charge in [-0.1, -0.05) is 0 Å². The molecule has 0 radical (unpaired) electrons. The maximum Gasteiger partial charge on any atom is 0.251 e. The molecule has 1 fully saturated rings. The molecule has 1 atom stereocenters. The molecule has 0 aromatic heterocycles. The van der Waals surface area contributed by atoms with Crippen molar-refractivity contribution in [2.75, 3.05) is 19.4 Å². The quantitative estimate of drug-likeness (QED) is 0.774. The largest absolute Gasteiger partial charge is 0.369 e. The topological polar surface area (TPSA) is 38.3 Å². The third-order valence-electron chi connectivity index (χ3n) is 2.57. The van der Waals surface area contributed by atoms with Crippen LogP contribution in [-0.2, 0) is 9.53 Å². The van der Waals surface area contributed by atoms with E-state index in [0.717, 1.165) is 6.54 Å². The molecule has 14 heavy (non-hydrogen) atoms. The number of hydrogen-bond acceptors (Lipinski definition) is 3. The number of nitrogens with one attached hydrogen (secondary N) is 1. The number of methoxy groups -OCH3 is 1. The summed E-state index contributed by atoms with van der Waals surface area (Å²) in [6.45, 7) is 4.34. The van der Waals surface area contributed by atoms with E-state index in [-0.39, 0.29) is 5.91 Å². The maximum atomic E-state index is 11.6. The smallest absolute Gasteiger partial charge is 0.251 e. The van der Waals surface area contributed by atoms with E-state index in [1.807, 2.05) is 11.8 Å². The van der Waals surface area contributed by atoms with Crippen molar-refractivity contribution in [1.29, 1.82) is 0 Å². The molecule has 0 bridgehead atoms. The predicted octanol–water partition coefficient (Wildman–Crippen LogP) is 1.42. The molecule has 0 aromatic carbocycles. The lowest BCUT2D eigenvalue weighted by atomic mass is 10.1. The Bertz CT molecular complexity index is 200. The average Bonchev–Trinajstić information content (AvgIpc) is 2.66. The van der Waals surface area contributed by atoms with E-state index >= 15 is 0 Å². The summed E-state index contributed by atoms with van der Waals surface area (Å²) in [6, 6.07) is 0. The number of amides is 1. The highest BCUT2D eigenvalue weighted by molar-refractivity contribution is 8.00. The van der Waals surface area contributed by atoms with E-state index in [1.54, 1.807) is 21.0 Å². The van der Waals surface area contributed by atoms with Crippen molar-refractivity contribution in [3.8, 4) is 0 Å². The van der Waals surface area contributed by atoms with E-state index < -0.39 is 5.60 Å². The zero-order chi connectivity index (χ0) is 10.6. The summed E-state index contributed by atoms with van der Waals surface area (Å²) in [6.07, 6.45) is 2.50. The minimum atomic E-state index is -0.705. The van der Waals surface area contributed by atoms with Gasteiger partial charge in [0.1, 0.15) is 5.60 Å². The molecule has 0 saturated carbocycles. The molecule has 4 heteroatoms. The lowest BCUT2D eigenvalue weighted by Crippen LogP contribution is -2.45. The molecule has 1 amide bonds. The minimum absolute atomic E-state index is 0.0208. The first-order chi connectivity index (χ1) is 6.56. The average molecular weight is 217 g/mol. The highest BCUT2D eigenvalue weighted by Gasteiger charge is 2.27. The Morgan fingerprint density at radius 3 is 2.86 bits per heavy atom. The summed E-state index contributed by atoms with van der Waals surface area (Å²) in [5.74, 6) is 1.21. The molecule has 1 aliphatic rings. The normalized spacial score (nSPS) is 22.4. The molecular weight excluding hydrogens is 198 g/mol. The van der Waals surface area contributed by atoms with Crippen molar-refractivity contribution in [3.05, 3.63) is 0 Å². The van der Waals surface area contributed by atoms with Gasteiger partial charge in [0.15, 0.2) is 0 Å². The van der Waals surface area contributed by atoms with E-state index in [1.165, 1.54) is 18.6 Å². The van der Waals surface area contributed by atoms with Gasteiger partial charge >= 0.3 is 0 Å². The monoisotopic (exact) mass is 217 g/mol. The SMILES string of the molecule is COC(C)(C)C(=O)NCC1CCCS1. The summed E-state index contributed by atoms with van der Waals surface area (Å²) in [7, 11) is 1.56. The third-order valence-corrected chi connectivity index (χ3v) is 3.97. The fraction of sp³-hybridized carbons (Fsp3) is 0.900. The van der Waals surface area contributed by atoms with Gasteiger partial charge in [0, 0.05) is 18.9 Å². The van der Waals surface area contributed by atoms with E-state index in [0.29, 0.717) is 5.25 Å². The number of carbonyl (C=O) groups is 1. The van der Waals surface area contributed by atoms with Crippen LogP contribution in [0.3, 0.4) is 0 Å². The van der Waals surface area contributed by atoms with Crippen LogP contribution in [0.2, 0.25) is 0 Å². The second-order valence-corrected chi connectivity index (χ2v) is 5.47. The van der Waals surface area contributed by atoms with Crippen LogP contribution < -0.4 is 5.32 Å². The molecule has 82 valence electrons. The van der Waals surface area contributed by atoms with E-state index in [4.69, 9.17) is 4.74 Å². The van der Waals surface area contributed by atoms with E-state index in [2.05, 4.69) is 5.32 Å². The second-order valence-electron chi connectivity index (χ2n) is 4.06.